The molecule has 4 heteroatoms. The zero-order valence-electron chi connectivity index (χ0n) is 14.2. The summed E-state index contributed by atoms with van der Waals surface area (Å²) in [5.41, 5.74) is 2.86. The molecule has 0 atom stereocenters. The van der Waals surface area contributed by atoms with Gasteiger partial charge in [-0.3, -0.25) is 0 Å². The summed E-state index contributed by atoms with van der Waals surface area (Å²) in [6.07, 6.45) is 3.37. The minimum atomic E-state index is 0.0154. The van der Waals surface area contributed by atoms with Crippen molar-refractivity contribution in [3.63, 3.8) is 0 Å². The molecule has 4 rings (SSSR count). The second kappa shape index (κ2) is 7.36. The van der Waals surface area contributed by atoms with Gasteiger partial charge in [0.1, 0.15) is 0 Å². The van der Waals surface area contributed by atoms with Crippen LogP contribution >= 0.6 is 11.3 Å². The average Bonchev–Trinajstić information content (AvgIpc) is 3.12. The van der Waals surface area contributed by atoms with E-state index in [1.54, 1.807) is 4.88 Å². The van der Waals surface area contributed by atoms with Gasteiger partial charge in [0.2, 0.25) is 0 Å². The standard InChI is InChI=1S/C20H26N2OS/c1-2-4-17(5-3-1)16-21-10-13-22-11-8-20(9-12-22)18-7-15-24-19(18)6-14-23-20/h1-5,7,15,21H,6,8-14,16H2. The van der Waals surface area contributed by atoms with E-state index in [0.29, 0.717) is 0 Å². The summed E-state index contributed by atoms with van der Waals surface area (Å²) in [6, 6.07) is 12.9. The van der Waals surface area contributed by atoms with Crippen LogP contribution in [0.25, 0.3) is 0 Å². The van der Waals surface area contributed by atoms with Crippen LogP contribution < -0.4 is 5.32 Å². The van der Waals surface area contributed by atoms with E-state index in [2.05, 4.69) is 52.0 Å². The van der Waals surface area contributed by atoms with Crippen LogP contribution in [0, 0.1) is 0 Å². The number of hydrogen-bond acceptors (Lipinski definition) is 4. The van der Waals surface area contributed by atoms with Crippen LogP contribution in [0.2, 0.25) is 0 Å². The summed E-state index contributed by atoms with van der Waals surface area (Å²) in [4.78, 5) is 4.13. The molecule has 3 nitrogen and oxygen atoms in total. The first-order chi connectivity index (χ1) is 11.9. The smallest absolute Gasteiger partial charge is 0.0966 e. The van der Waals surface area contributed by atoms with Crippen molar-refractivity contribution in [3.05, 3.63) is 57.8 Å². The van der Waals surface area contributed by atoms with Crippen molar-refractivity contribution in [1.82, 2.24) is 10.2 Å². The Kier molecular flexibility index (Phi) is 4.99. The highest BCUT2D eigenvalue weighted by Crippen LogP contribution is 2.43. The maximum Gasteiger partial charge on any atom is 0.0966 e. The molecule has 0 aliphatic carbocycles. The number of likely N-dealkylation sites (tertiary alicyclic amines) is 1. The highest BCUT2D eigenvalue weighted by molar-refractivity contribution is 7.10. The first-order valence-corrected chi connectivity index (χ1v) is 9.91. The van der Waals surface area contributed by atoms with Crippen LogP contribution in [0.1, 0.15) is 28.8 Å². The number of rotatable bonds is 5. The summed E-state index contributed by atoms with van der Waals surface area (Å²) in [5.74, 6) is 0. The van der Waals surface area contributed by atoms with Crippen LogP contribution in [-0.2, 0) is 23.3 Å². The summed E-state index contributed by atoms with van der Waals surface area (Å²) in [7, 11) is 0. The van der Waals surface area contributed by atoms with Gasteiger partial charge in [0, 0.05) is 44.0 Å². The van der Waals surface area contributed by atoms with Crippen LogP contribution in [0.15, 0.2) is 41.8 Å². The Morgan fingerprint density at radius 1 is 1.12 bits per heavy atom. The largest absolute Gasteiger partial charge is 0.370 e. The van der Waals surface area contributed by atoms with Crippen LogP contribution in [0.5, 0.6) is 0 Å². The lowest BCUT2D eigenvalue weighted by molar-refractivity contribution is -0.0968. The summed E-state index contributed by atoms with van der Waals surface area (Å²) >= 11 is 1.90. The van der Waals surface area contributed by atoms with Crippen molar-refractivity contribution >= 4 is 11.3 Å². The fourth-order valence-electron chi connectivity index (χ4n) is 3.97. The molecular weight excluding hydrogens is 316 g/mol. The minimum Gasteiger partial charge on any atom is -0.370 e. The van der Waals surface area contributed by atoms with Gasteiger partial charge in [-0.2, -0.15) is 0 Å². The maximum atomic E-state index is 6.29. The van der Waals surface area contributed by atoms with Gasteiger partial charge in [-0.15, -0.1) is 11.3 Å². The van der Waals surface area contributed by atoms with E-state index < -0.39 is 0 Å². The molecule has 1 N–H and O–H groups in total. The molecule has 0 saturated carbocycles. The topological polar surface area (TPSA) is 24.5 Å². The van der Waals surface area contributed by atoms with E-state index >= 15 is 0 Å². The first-order valence-electron chi connectivity index (χ1n) is 9.04. The van der Waals surface area contributed by atoms with Crippen molar-refractivity contribution in [2.75, 3.05) is 32.8 Å². The Balaban J connectivity index is 1.24. The molecule has 0 bridgehead atoms. The zero-order chi connectivity index (χ0) is 16.2. The minimum absolute atomic E-state index is 0.0154. The average molecular weight is 343 g/mol. The van der Waals surface area contributed by atoms with Crippen molar-refractivity contribution in [2.45, 2.75) is 31.4 Å². The number of fused-ring (bicyclic) bond motifs is 2. The van der Waals surface area contributed by atoms with Crippen molar-refractivity contribution in [1.29, 1.82) is 0 Å². The van der Waals surface area contributed by atoms with E-state index in [9.17, 15) is 0 Å². The molecule has 128 valence electrons. The highest BCUT2D eigenvalue weighted by atomic mass is 32.1. The molecule has 1 aromatic carbocycles. The second-order valence-electron chi connectivity index (χ2n) is 6.85. The lowest BCUT2D eigenvalue weighted by Gasteiger charge is -2.44. The second-order valence-corrected chi connectivity index (χ2v) is 7.85. The lowest BCUT2D eigenvalue weighted by Crippen LogP contribution is -2.47. The van der Waals surface area contributed by atoms with Gasteiger partial charge in [0.15, 0.2) is 0 Å². The molecule has 2 aromatic rings. The van der Waals surface area contributed by atoms with Gasteiger partial charge in [-0.1, -0.05) is 30.3 Å². The van der Waals surface area contributed by atoms with Gasteiger partial charge < -0.3 is 15.0 Å². The van der Waals surface area contributed by atoms with E-state index in [-0.39, 0.29) is 5.60 Å². The predicted octanol–water partition coefficient (Wildman–Crippen LogP) is 3.40. The van der Waals surface area contributed by atoms with Crippen molar-refractivity contribution in [3.8, 4) is 0 Å². The third-order valence-electron chi connectivity index (χ3n) is 5.38. The summed E-state index contributed by atoms with van der Waals surface area (Å²) in [5, 5.41) is 5.80. The Labute approximate surface area is 148 Å². The zero-order valence-corrected chi connectivity index (χ0v) is 15.0. The molecule has 1 aromatic heterocycles. The van der Waals surface area contributed by atoms with E-state index in [4.69, 9.17) is 4.74 Å². The molecule has 1 fully saturated rings. The number of piperidine rings is 1. The molecule has 0 radical (unpaired) electrons. The molecule has 1 spiro atoms. The Morgan fingerprint density at radius 2 is 1.96 bits per heavy atom. The molecule has 0 unspecified atom stereocenters. The normalized spacial score (nSPS) is 20.2. The van der Waals surface area contributed by atoms with Gasteiger partial charge in [0.25, 0.3) is 0 Å². The van der Waals surface area contributed by atoms with Gasteiger partial charge in [-0.05, 0) is 35.4 Å². The molecule has 0 amide bonds. The molecular formula is C20H26N2OS. The molecule has 1 saturated heterocycles. The quantitative estimate of drug-likeness (QED) is 0.843. The van der Waals surface area contributed by atoms with Crippen molar-refractivity contribution < 1.29 is 4.74 Å². The molecule has 3 heterocycles. The monoisotopic (exact) mass is 342 g/mol. The SMILES string of the molecule is c1ccc(CNCCN2CCC3(CC2)OCCc2sccc23)cc1. The van der Waals surface area contributed by atoms with E-state index in [0.717, 1.165) is 58.6 Å². The van der Waals surface area contributed by atoms with Crippen LogP contribution in [0.4, 0.5) is 0 Å². The summed E-state index contributed by atoms with van der Waals surface area (Å²) in [6.45, 7) is 6.31. The third kappa shape index (κ3) is 3.42. The Hall–Kier alpha value is -1.20. The van der Waals surface area contributed by atoms with E-state index in [1.165, 1.54) is 11.1 Å². The predicted molar refractivity (Wildman–Crippen MR) is 99.5 cm³/mol. The molecule has 2 aliphatic rings. The van der Waals surface area contributed by atoms with Crippen LogP contribution in [0.3, 0.4) is 0 Å². The number of ether oxygens (including phenoxy) is 1. The molecule has 24 heavy (non-hydrogen) atoms. The summed E-state index contributed by atoms with van der Waals surface area (Å²) < 4.78 is 6.29. The third-order valence-corrected chi connectivity index (χ3v) is 6.36. The van der Waals surface area contributed by atoms with Gasteiger partial charge in [0.05, 0.1) is 12.2 Å². The van der Waals surface area contributed by atoms with Gasteiger partial charge in [-0.25, -0.2) is 0 Å². The first kappa shape index (κ1) is 16.3. The maximum absolute atomic E-state index is 6.29. The number of thiophene rings is 1. The number of benzene rings is 1. The fraction of sp³-hybridized carbons (Fsp3) is 0.500. The highest BCUT2D eigenvalue weighted by Gasteiger charge is 2.41. The van der Waals surface area contributed by atoms with Crippen molar-refractivity contribution in [2.24, 2.45) is 0 Å². The number of nitrogens with one attached hydrogen (secondary N) is 1. The fourth-order valence-corrected chi connectivity index (χ4v) is 4.92. The number of nitrogens with zero attached hydrogens (tertiary/aromatic N) is 1. The Bertz CT molecular complexity index is 647. The van der Waals surface area contributed by atoms with E-state index in [1.807, 2.05) is 11.3 Å². The lowest BCUT2D eigenvalue weighted by atomic mass is 9.82. The number of hydrogen-bond donors (Lipinski definition) is 1. The van der Waals surface area contributed by atoms with Gasteiger partial charge >= 0.3 is 0 Å². The molecule has 2 aliphatic heterocycles. The van der Waals surface area contributed by atoms with Crippen LogP contribution in [-0.4, -0.2) is 37.7 Å². The Morgan fingerprint density at radius 3 is 2.79 bits per heavy atom.